The van der Waals surface area contributed by atoms with Crippen molar-refractivity contribution in [2.45, 2.75) is 6.04 Å². The fourth-order valence-corrected chi connectivity index (χ4v) is 0.924. The van der Waals surface area contributed by atoms with E-state index >= 15 is 0 Å². The molecular formula is C4H5N3O2S. The van der Waals surface area contributed by atoms with Gasteiger partial charge >= 0.3 is 5.97 Å². The number of aliphatic carboxylic acids is 1. The Morgan fingerprint density at radius 1 is 1.90 bits per heavy atom. The molecule has 0 aromatic carbocycles. The van der Waals surface area contributed by atoms with Crippen molar-refractivity contribution in [1.29, 1.82) is 0 Å². The van der Waals surface area contributed by atoms with Crippen LogP contribution in [0.5, 0.6) is 0 Å². The van der Waals surface area contributed by atoms with Crippen molar-refractivity contribution in [2.24, 2.45) is 5.73 Å². The minimum absolute atomic E-state index is 0.303. The van der Waals surface area contributed by atoms with Gasteiger partial charge in [0.05, 0.1) is 0 Å². The molecule has 54 valence electrons. The van der Waals surface area contributed by atoms with E-state index in [1.807, 2.05) is 0 Å². The summed E-state index contributed by atoms with van der Waals surface area (Å²) in [5, 5.41) is 13.4. The molecule has 0 saturated heterocycles. The molecule has 0 fully saturated rings. The topological polar surface area (TPSA) is 89.1 Å². The van der Waals surface area contributed by atoms with E-state index in [1.165, 1.54) is 5.38 Å². The first kappa shape index (κ1) is 7.10. The van der Waals surface area contributed by atoms with Crippen LogP contribution in [0.4, 0.5) is 0 Å². The van der Waals surface area contributed by atoms with Crippen LogP contribution in [0.2, 0.25) is 0 Å². The molecule has 10 heavy (non-hydrogen) atoms. The summed E-state index contributed by atoms with van der Waals surface area (Å²) in [4.78, 5) is 10.2. The Kier molecular flexibility index (Phi) is 1.93. The van der Waals surface area contributed by atoms with E-state index in [1.54, 1.807) is 0 Å². The Labute approximate surface area is 60.6 Å². The monoisotopic (exact) mass is 159 g/mol. The minimum atomic E-state index is -1.09. The highest BCUT2D eigenvalue weighted by Crippen LogP contribution is 2.06. The Morgan fingerprint density at radius 3 is 3.00 bits per heavy atom. The molecule has 1 unspecified atom stereocenters. The third-order valence-electron chi connectivity index (χ3n) is 0.962. The molecule has 5 nitrogen and oxygen atoms in total. The SMILES string of the molecule is NC(C(=O)O)c1csnn1. The van der Waals surface area contributed by atoms with Gasteiger partial charge in [-0.05, 0) is 11.5 Å². The van der Waals surface area contributed by atoms with E-state index in [9.17, 15) is 4.79 Å². The zero-order chi connectivity index (χ0) is 7.56. The fraction of sp³-hybridized carbons (Fsp3) is 0.250. The van der Waals surface area contributed by atoms with Crippen LogP contribution in [0.3, 0.4) is 0 Å². The molecule has 1 atom stereocenters. The van der Waals surface area contributed by atoms with Gasteiger partial charge in [0.15, 0.2) is 0 Å². The second-order valence-corrected chi connectivity index (χ2v) is 2.26. The summed E-state index contributed by atoms with van der Waals surface area (Å²) >= 11 is 1.08. The minimum Gasteiger partial charge on any atom is -0.480 e. The van der Waals surface area contributed by atoms with Gasteiger partial charge in [-0.1, -0.05) is 4.49 Å². The quantitative estimate of drug-likeness (QED) is 0.614. The van der Waals surface area contributed by atoms with Crippen LogP contribution >= 0.6 is 11.5 Å². The molecule has 0 aliphatic rings. The van der Waals surface area contributed by atoms with Crippen molar-refractivity contribution in [1.82, 2.24) is 9.59 Å². The lowest BCUT2D eigenvalue weighted by molar-refractivity contribution is -0.138. The second-order valence-electron chi connectivity index (χ2n) is 1.65. The number of carboxylic acid groups (broad SMARTS) is 1. The normalized spacial score (nSPS) is 12.9. The summed E-state index contributed by atoms with van der Waals surface area (Å²) in [6, 6.07) is -1.04. The van der Waals surface area contributed by atoms with Crippen molar-refractivity contribution in [3.05, 3.63) is 11.1 Å². The molecule has 1 rings (SSSR count). The molecule has 0 spiro atoms. The number of hydrogen-bond donors (Lipinski definition) is 2. The van der Waals surface area contributed by atoms with E-state index in [2.05, 4.69) is 9.59 Å². The van der Waals surface area contributed by atoms with Gasteiger partial charge in [-0.2, -0.15) is 0 Å². The summed E-state index contributed by atoms with van der Waals surface area (Å²) < 4.78 is 3.47. The zero-order valence-electron chi connectivity index (χ0n) is 4.89. The van der Waals surface area contributed by atoms with Crippen molar-refractivity contribution in [3.8, 4) is 0 Å². The first-order valence-electron chi connectivity index (χ1n) is 2.47. The molecule has 0 aliphatic carbocycles. The van der Waals surface area contributed by atoms with Gasteiger partial charge in [0.25, 0.3) is 0 Å². The van der Waals surface area contributed by atoms with Gasteiger partial charge < -0.3 is 10.8 Å². The van der Waals surface area contributed by atoms with Gasteiger partial charge in [-0.15, -0.1) is 5.10 Å². The predicted octanol–water partition coefficient (Wildman–Crippen LogP) is -0.377. The Hall–Kier alpha value is -1.01. The summed E-state index contributed by atoms with van der Waals surface area (Å²) in [6.45, 7) is 0. The Balaban J connectivity index is 2.77. The van der Waals surface area contributed by atoms with Crippen LogP contribution < -0.4 is 5.73 Å². The maximum absolute atomic E-state index is 10.2. The lowest BCUT2D eigenvalue weighted by atomic mass is 10.2. The van der Waals surface area contributed by atoms with Crippen molar-refractivity contribution < 1.29 is 9.90 Å². The third-order valence-corrected chi connectivity index (χ3v) is 1.48. The average Bonchev–Trinajstić information content (AvgIpc) is 2.36. The van der Waals surface area contributed by atoms with Gasteiger partial charge in [-0.3, -0.25) is 4.79 Å². The van der Waals surface area contributed by atoms with E-state index in [-0.39, 0.29) is 0 Å². The zero-order valence-corrected chi connectivity index (χ0v) is 5.71. The fourth-order valence-electron chi connectivity index (χ4n) is 0.434. The van der Waals surface area contributed by atoms with Crippen molar-refractivity contribution >= 4 is 17.5 Å². The smallest absolute Gasteiger partial charge is 0.326 e. The van der Waals surface area contributed by atoms with Crippen LogP contribution in [-0.2, 0) is 4.79 Å². The predicted molar refractivity (Wildman–Crippen MR) is 34.5 cm³/mol. The summed E-state index contributed by atoms with van der Waals surface area (Å²) in [6.07, 6.45) is 0. The van der Waals surface area contributed by atoms with Crippen LogP contribution in [0.25, 0.3) is 0 Å². The molecule has 0 bridgehead atoms. The highest BCUT2D eigenvalue weighted by Gasteiger charge is 2.15. The van der Waals surface area contributed by atoms with Crippen LogP contribution in [0.15, 0.2) is 5.38 Å². The molecule has 3 N–H and O–H groups in total. The van der Waals surface area contributed by atoms with E-state index in [0.29, 0.717) is 5.69 Å². The molecule has 0 radical (unpaired) electrons. The number of nitrogens with two attached hydrogens (primary N) is 1. The summed E-state index contributed by atoms with van der Waals surface area (Å²) in [5.74, 6) is -1.09. The first-order valence-corrected chi connectivity index (χ1v) is 3.31. The van der Waals surface area contributed by atoms with Crippen molar-refractivity contribution in [2.75, 3.05) is 0 Å². The lowest BCUT2D eigenvalue weighted by Crippen LogP contribution is -2.20. The maximum atomic E-state index is 10.2. The lowest BCUT2D eigenvalue weighted by Gasteiger charge is -1.97. The maximum Gasteiger partial charge on any atom is 0.326 e. The van der Waals surface area contributed by atoms with Gasteiger partial charge in [0.1, 0.15) is 11.7 Å². The molecule has 1 heterocycles. The van der Waals surface area contributed by atoms with Crippen LogP contribution in [0.1, 0.15) is 11.7 Å². The highest BCUT2D eigenvalue weighted by atomic mass is 32.1. The number of carbonyl (C=O) groups is 1. The standard InChI is InChI=1S/C4H5N3O2S/c5-3(4(8)9)2-1-10-7-6-2/h1,3H,5H2,(H,8,9). The molecule has 0 aliphatic heterocycles. The van der Waals surface area contributed by atoms with E-state index in [0.717, 1.165) is 11.5 Å². The second kappa shape index (κ2) is 2.72. The van der Waals surface area contributed by atoms with Crippen LogP contribution in [0, 0.1) is 0 Å². The summed E-state index contributed by atoms with van der Waals surface area (Å²) in [7, 11) is 0. The number of nitrogens with zero attached hydrogens (tertiary/aromatic N) is 2. The Morgan fingerprint density at radius 2 is 2.60 bits per heavy atom. The molecule has 0 saturated carbocycles. The van der Waals surface area contributed by atoms with Gasteiger partial charge in [0.2, 0.25) is 0 Å². The number of carboxylic acids is 1. The molecule has 0 amide bonds. The van der Waals surface area contributed by atoms with Crippen molar-refractivity contribution in [3.63, 3.8) is 0 Å². The molecule has 1 aromatic rings. The average molecular weight is 159 g/mol. The van der Waals surface area contributed by atoms with Gasteiger partial charge in [0, 0.05) is 5.38 Å². The number of aromatic nitrogens is 2. The third kappa shape index (κ3) is 1.28. The molecule has 1 aromatic heterocycles. The van der Waals surface area contributed by atoms with Gasteiger partial charge in [-0.25, -0.2) is 0 Å². The Bertz CT molecular complexity index is 222. The highest BCUT2D eigenvalue weighted by molar-refractivity contribution is 7.03. The van der Waals surface area contributed by atoms with Crippen LogP contribution in [-0.4, -0.2) is 20.7 Å². The van der Waals surface area contributed by atoms with E-state index in [4.69, 9.17) is 10.8 Å². The molecular weight excluding hydrogens is 154 g/mol. The number of rotatable bonds is 2. The first-order chi connectivity index (χ1) is 4.72. The van der Waals surface area contributed by atoms with E-state index < -0.39 is 12.0 Å². The summed E-state index contributed by atoms with van der Waals surface area (Å²) in [5.41, 5.74) is 5.49. The largest absolute Gasteiger partial charge is 0.480 e. The molecule has 6 heteroatoms. The number of hydrogen-bond acceptors (Lipinski definition) is 5.